The molecule has 0 aromatic heterocycles. The van der Waals surface area contributed by atoms with E-state index in [1.165, 1.54) is 59.8 Å². The highest BCUT2D eigenvalue weighted by atomic mass is 28.3. The third kappa shape index (κ3) is 4.92. The molecule has 0 radical (unpaired) electrons. The van der Waals surface area contributed by atoms with E-state index in [4.69, 9.17) is 0 Å². The minimum Gasteiger partial charge on any atom is -0.310 e. The largest absolute Gasteiger partial charge is 0.310 e. The number of benzene rings is 8. The molecule has 1 aliphatic heterocycles. The molecular weight excluding hydrogens is 619 g/mol. The molecular formula is C48H35NSi. The van der Waals surface area contributed by atoms with Crippen molar-refractivity contribution in [2.75, 3.05) is 4.90 Å². The van der Waals surface area contributed by atoms with Crippen LogP contribution in [0.25, 0.3) is 33.4 Å². The summed E-state index contributed by atoms with van der Waals surface area (Å²) in [5.74, 6) is 0. The maximum Gasteiger partial charge on any atom is 0.180 e. The van der Waals surface area contributed by atoms with Gasteiger partial charge in [0, 0.05) is 16.9 Å². The van der Waals surface area contributed by atoms with Crippen LogP contribution in [0.4, 0.5) is 17.1 Å². The summed E-state index contributed by atoms with van der Waals surface area (Å²) in [6, 6.07) is 78.0. The zero-order valence-corrected chi connectivity index (χ0v) is 28.7. The molecule has 0 fully saturated rings. The summed E-state index contributed by atoms with van der Waals surface area (Å²) in [7, 11) is -2.65. The summed E-state index contributed by atoms with van der Waals surface area (Å²) >= 11 is 0. The van der Waals surface area contributed by atoms with E-state index < -0.39 is 8.07 Å². The first-order chi connectivity index (χ1) is 24.8. The normalized spacial score (nSPS) is 12.6. The standard InChI is InChI=1S/C48H35NSi/c1-5-17-36(18-6-1)38-31-33-40(34-32-38)49(41-22-15-21-39(35-41)37-19-7-2-8-20-37)45-28-16-30-47-48(45)44-27-13-14-29-46(44)50(47,42-23-9-3-10-24-42)43-25-11-4-12-26-43/h1-35H. The van der Waals surface area contributed by atoms with Crippen LogP contribution in [0.1, 0.15) is 0 Å². The van der Waals surface area contributed by atoms with Crippen LogP contribution in [0.15, 0.2) is 212 Å². The average molecular weight is 654 g/mol. The van der Waals surface area contributed by atoms with E-state index in [0.717, 1.165) is 11.4 Å². The number of rotatable bonds is 7. The Morgan fingerprint density at radius 2 is 0.800 bits per heavy atom. The molecule has 0 unspecified atom stereocenters. The highest BCUT2D eigenvalue weighted by Crippen LogP contribution is 2.44. The SMILES string of the molecule is c1ccc(-c2ccc(N(c3cccc(-c4ccccc4)c3)c3cccc4c3-c3ccccc3[Si]4(c3ccccc3)c3ccccc3)cc2)cc1. The molecule has 2 heteroatoms. The van der Waals surface area contributed by atoms with Crippen LogP contribution >= 0.6 is 0 Å². The average Bonchev–Trinajstić information content (AvgIpc) is 3.51. The van der Waals surface area contributed by atoms with E-state index in [1.807, 2.05) is 0 Å². The molecule has 0 bridgehead atoms. The smallest absolute Gasteiger partial charge is 0.180 e. The second kappa shape index (κ2) is 12.7. The number of anilines is 3. The molecule has 236 valence electrons. The fourth-order valence-corrected chi connectivity index (χ4v) is 13.2. The van der Waals surface area contributed by atoms with Gasteiger partial charge >= 0.3 is 0 Å². The Hall–Kier alpha value is -6.22. The third-order valence-electron chi connectivity index (χ3n) is 10.1. The van der Waals surface area contributed by atoms with Crippen molar-refractivity contribution >= 4 is 45.9 Å². The Kier molecular flexibility index (Phi) is 7.57. The van der Waals surface area contributed by atoms with Gasteiger partial charge in [0.2, 0.25) is 0 Å². The maximum absolute atomic E-state index is 2.65. The molecule has 50 heavy (non-hydrogen) atoms. The summed E-state index contributed by atoms with van der Waals surface area (Å²) in [5, 5.41) is 5.68. The maximum atomic E-state index is 2.47. The molecule has 0 spiro atoms. The second-order valence-corrected chi connectivity index (χ2v) is 16.6. The van der Waals surface area contributed by atoms with E-state index in [2.05, 4.69) is 217 Å². The van der Waals surface area contributed by atoms with Gasteiger partial charge in [-0.15, -0.1) is 0 Å². The Labute approximate surface area is 295 Å². The van der Waals surface area contributed by atoms with Gasteiger partial charge in [0.05, 0.1) is 5.69 Å². The molecule has 9 rings (SSSR count). The van der Waals surface area contributed by atoms with Crippen molar-refractivity contribution in [1.29, 1.82) is 0 Å². The molecule has 1 aliphatic rings. The lowest BCUT2D eigenvalue weighted by Crippen LogP contribution is -2.72. The van der Waals surface area contributed by atoms with Gasteiger partial charge in [0.25, 0.3) is 0 Å². The number of hydrogen-bond acceptors (Lipinski definition) is 1. The van der Waals surface area contributed by atoms with Gasteiger partial charge < -0.3 is 4.90 Å². The van der Waals surface area contributed by atoms with Gasteiger partial charge in [0.1, 0.15) is 0 Å². The zero-order valence-electron chi connectivity index (χ0n) is 27.7. The highest BCUT2D eigenvalue weighted by molar-refractivity contribution is 7.22. The Bertz CT molecular complexity index is 2360. The molecule has 0 aliphatic carbocycles. The van der Waals surface area contributed by atoms with Crippen molar-refractivity contribution in [3.8, 4) is 33.4 Å². The molecule has 0 N–H and O–H groups in total. The van der Waals surface area contributed by atoms with Crippen LogP contribution in [-0.2, 0) is 0 Å². The molecule has 0 amide bonds. The molecule has 0 atom stereocenters. The van der Waals surface area contributed by atoms with Gasteiger partial charge in [-0.1, -0.05) is 182 Å². The van der Waals surface area contributed by atoms with Crippen molar-refractivity contribution in [2.24, 2.45) is 0 Å². The van der Waals surface area contributed by atoms with Crippen LogP contribution in [0.2, 0.25) is 0 Å². The van der Waals surface area contributed by atoms with Crippen molar-refractivity contribution in [3.63, 3.8) is 0 Å². The molecule has 8 aromatic rings. The minimum absolute atomic E-state index is 1.12. The van der Waals surface area contributed by atoms with Crippen LogP contribution in [0.5, 0.6) is 0 Å². The third-order valence-corrected chi connectivity index (χ3v) is 15.0. The summed E-state index contributed by atoms with van der Waals surface area (Å²) in [5.41, 5.74) is 10.9. The number of hydrogen-bond donors (Lipinski definition) is 0. The second-order valence-electron chi connectivity index (χ2n) is 12.9. The lowest BCUT2D eigenvalue weighted by molar-refractivity contribution is 1.29. The molecule has 0 saturated heterocycles. The molecule has 0 saturated carbocycles. The predicted molar refractivity (Wildman–Crippen MR) is 215 cm³/mol. The summed E-state index contributed by atoms with van der Waals surface area (Å²) in [4.78, 5) is 2.47. The lowest BCUT2D eigenvalue weighted by Gasteiger charge is -2.32. The zero-order chi connectivity index (χ0) is 33.3. The molecule has 1 nitrogen and oxygen atoms in total. The van der Waals surface area contributed by atoms with Gasteiger partial charge in [0.15, 0.2) is 8.07 Å². The van der Waals surface area contributed by atoms with Crippen LogP contribution in [0, 0.1) is 0 Å². The molecule has 8 aromatic carbocycles. The van der Waals surface area contributed by atoms with Gasteiger partial charge in [-0.25, -0.2) is 0 Å². The van der Waals surface area contributed by atoms with Gasteiger partial charge in [-0.3, -0.25) is 0 Å². The minimum atomic E-state index is -2.65. The van der Waals surface area contributed by atoms with E-state index in [1.54, 1.807) is 0 Å². The lowest BCUT2D eigenvalue weighted by atomic mass is 10.00. The Morgan fingerprint density at radius 3 is 1.44 bits per heavy atom. The van der Waals surface area contributed by atoms with E-state index in [0.29, 0.717) is 0 Å². The fourth-order valence-electron chi connectivity index (χ4n) is 7.98. The first-order valence-electron chi connectivity index (χ1n) is 17.3. The monoisotopic (exact) mass is 653 g/mol. The topological polar surface area (TPSA) is 3.24 Å². The summed E-state index contributed by atoms with van der Waals surface area (Å²) in [6.07, 6.45) is 0. The molecule has 1 heterocycles. The first-order valence-corrected chi connectivity index (χ1v) is 19.3. The van der Waals surface area contributed by atoms with E-state index in [9.17, 15) is 0 Å². The van der Waals surface area contributed by atoms with Crippen LogP contribution in [0.3, 0.4) is 0 Å². The summed E-state index contributed by atoms with van der Waals surface area (Å²) < 4.78 is 0. The predicted octanol–water partition coefficient (Wildman–Crippen LogP) is 9.85. The Balaban J connectivity index is 1.32. The van der Waals surface area contributed by atoms with Crippen molar-refractivity contribution in [3.05, 3.63) is 212 Å². The van der Waals surface area contributed by atoms with Crippen LogP contribution in [-0.4, -0.2) is 8.07 Å². The number of nitrogens with zero attached hydrogens (tertiary/aromatic N) is 1. The quantitative estimate of drug-likeness (QED) is 0.155. The summed E-state index contributed by atoms with van der Waals surface area (Å²) in [6.45, 7) is 0. The van der Waals surface area contributed by atoms with Gasteiger partial charge in [-0.2, -0.15) is 0 Å². The van der Waals surface area contributed by atoms with Crippen LogP contribution < -0.4 is 25.6 Å². The van der Waals surface area contributed by atoms with E-state index >= 15 is 0 Å². The van der Waals surface area contributed by atoms with Crippen molar-refractivity contribution in [2.45, 2.75) is 0 Å². The van der Waals surface area contributed by atoms with E-state index in [-0.39, 0.29) is 0 Å². The van der Waals surface area contributed by atoms with Crippen molar-refractivity contribution < 1.29 is 0 Å². The first kappa shape index (κ1) is 29.9. The number of fused-ring (bicyclic) bond motifs is 3. The van der Waals surface area contributed by atoms with Gasteiger partial charge in [-0.05, 0) is 78.9 Å². The fraction of sp³-hybridized carbons (Fsp3) is 0. The van der Waals surface area contributed by atoms with Crippen molar-refractivity contribution in [1.82, 2.24) is 0 Å². The highest BCUT2D eigenvalue weighted by Gasteiger charge is 2.49. The Morgan fingerprint density at radius 1 is 0.320 bits per heavy atom.